The van der Waals surface area contributed by atoms with Crippen LogP contribution in [-0.2, 0) is 12.3 Å². The summed E-state index contributed by atoms with van der Waals surface area (Å²) < 4.78 is 0. The van der Waals surface area contributed by atoms with Crippen LogP contribution in [0.3, 0.4) is 0 Å². The third kappa shape index (κ3) is 4.13. The molecule has 0 atom stereocenters. The van der Waals surface area contributed by atoms with E-state index in [2.05, 4.69) is 19.1 Å². The molecule has 0 fully saturated rings. The van der Waals surface area contributed by atoms with Gasteiger partial charge in [-0.3, -0.25) is 14.5 Å². The van der Waals surface area contributed by atoms with Gasteiger partial charge in [0.25, 0.3) is 11.8 Å². The van der Waals surface area contributed by atoms with Crippen LogP contribution in [0.2, 0.25) is 0 Å². The fourth-order valence-corrected chi connectivity index (χ4v) is 3.93. The Morgan fingerprint density at radius 3 is 2.04 bits per heavy atom. The Kier molecular flexibility index (Phi) is 5.92. The highest BCUT2D eigenvalue weighted by Crippen LogP contribution is 2.24. The van der Waals surface area contributed by atoms with Gasteiger partial charge in [-0.15, -0.1) is 0 Å². The first-order valence-corrected chi connectivity index (χ1v) is 9.97. The topological polar surface area (TPSA) is 37.4 Å². The maximum atomic E-state index is 12.4. The SMILES string of the molecule is CCCCCSCc1ccc(CN2C(=O)c3ccccc3C2=O)cc1. The van der Waals surface area contributed by atoms with E-state index in [1.807, 2.05) is 23.9 Å². The molecule has 2 amide bonds. The summed E-state index contributed by atoms with van der Waals surface area (Å²) in [5.74, 6) is 1.81. The molecule has 3 rings (SSSR count). The summed E-state index contributed by atoms with van der Waals surface area (Å²) in [6.07, 6.45) is 3.83. The minimum absolute atomic E-state index is 0.198. The van der Waals surface area contributed by atoms with Gasteiger partial charge in [-0.25, -0.2) is 0 Å². The minimum atomic E-state index is -0.198. The van der Waals surface area contributed by atoms with Crippen LogP contribution in [0.25, 0.3) is 0 Å². The third-order valence-electron chi connectivity index (χ3n) is 4.40. The second kappa shape index (κ2) is 8.34. The lowest BCUT2D eigenvalue weighted by Gasteiger charge is -2.14. The lowest BCUT2D eigenvalue weighted by Crippen LogP contribution is -2.29. The van der Waals surface area contributed by atoms with E-state index in [1.54, 1.807) is 24.3 Å². The molecule has 130 valence electrons. The number of rotatable bonds is 8. The minimum Gasteiger partial charge on any atom is -0.270 e. The number of thioether (sulfide) groups is 1. The number of nitrogens with zero attached hydrogens (tertiary/aromatic N) is 1. The Morgan fingerprint density at radius 2 is 1.44 bits per heavy atom. The van der Waals surface area contributed by atoms with Crippen LogP contribution in [0, 0.1) is 0 Å². The van der Waals surface area contributed by atoms with E-state index in [4.69, 9.17) is 0 Å². The van der Waals surface area contributed by atoms with Gasteiger partial charge in [0.1, 0.15) is 0 Å². The number of benzene rings is 2. The zero-order valence-electron chi connectivity index (χ0n) is 14.5. The van der Waals surface area contributed by atoms with Crippen molar-refractivity contribution in [2.24, 2.45) is 0 Å². The smallest absolute Gasteiger partial charge is 0.261 e. The van der Waals surface area contributed by atoms with Gasteiger partial charge in [0.15, 0.2) is 0 Å². The largest absolute Gasteiger partial charge is 0.270 e. The van der Waals surface area contributed by atoms with Crippen molar-refractivity contribution in [3.05, 3.63) is 70.8 Å². The zero-order chi connectivity index (χ0) is 17.6. The second-order valence-corrected chi connectivity index (χ2v) is 7.42. The Bertz CT molecular complexity index is 720. The summed E-state index contributed by atoms with van der Waals surface area (Å²) >= 11 is 1.96. The fraction of sp³-hybridized carbons (Fsp3) is 0.333. The number of imide groups is 1. The van der Waals surface area contributed by atoms with Crippen molar-refractivity contribution >= 4 is 23.6 Å². The third-order valence-corrected chi connectivity index (χ3v) is 5.52. The highest BCUT2D eigenvalue weighted by Gasteiger charge is 2.34. The molecule has 1 heterocycles. The molecular formula is C21H23NO2S. The lowest BCUT2D eigenvalue weighted by molar-refractivity contribution is 0.0642. The zero-order valence-corrected chi connectivity index (χ0v) is 15.3. The number of carbonyl (C=O) groups excluding carboxylic acids is 2. The molecule has 0 saturated heterocycles. The van der Waals surface area contributed by atoms with Crippen LogP contribution in [-0.4, -0.2) is 22.5 Å². The van der Waals surface area contributed by atoms with Gasteiger partial charge in [-0.2, -0.15) is 11.8 Å². The van der Waals surface area contributed by atoms with Gasteiger partial charge >= 0.3 is 0 Å². The molecule has 25 heavy (non-hydrogen) atoms. The molecule has 2 aromatic carbocycles. The van der Waals surface area contributed by atoms with Crippen LogP contribution in [0.15, 0.2) is 48.5 Å². The van der Waals surface area contributed by atoms with Crippen molar-refractivity contribution in [2.75, 3.05) is 5.75 Å². The van der Waals surface area contributed by atoms with Crippen LogP contribution in [0.5, 0.6) is 0 Å². The maximum absolute atomic E-state index is 12.4. The van der Waals surface area contributed by atoms with Gasteiger partial charge < -0.3 is 0 Å². The number of carbonyl (C=O) groups is 2. The summed E-state index contributed by atoms with van der Waals surface area (Å²) in [7, 11) is 0. The van der Waals surface area contributed by atoms with Crippen molar-refractivity contribution in [2.45, 2.75) is 38.5 Å². The molecule has 0 radical (unpaired) electrons. The van der Waals surface area contributed by atoms with Gasteiger partial charge in [0.2, 0.25) is 0 Å². The molecule has 0 aromatic heterocycles. The summed E-state index contributed by atoms with van der Waals surface area (Å²) in [6, 6.07) is 15.3. The van der Waals surface area contributed by atoms with Crippen LogP contribution >= 0.6 is 11.8 Å². The Balaban J connectivity index is 1.57. The first-order valence-electron chi connectivity index (χ1n) is 8.81. The van der Waals surface area contributed by atoms with Crippen molar-refractivity contribution in [1.82, 2.24) is 4.90 Å². The first kappa shape index (κ1) is 17.7. The molecule has 0 spiro atoms. The standard InChI is InChI=1S/C21H23NO2S/c1-2-3-6-13-25-15-17-11-9-16(10-12-17)14-22-20(23)18-7-4-5-8-19(18)21(22)24/h4-5,7-12H,2-3,6,13-15H2,1H3. The quantitative estimate of drug-likeness (QED) is 0.500. The molecule has 1 aliphatic rings. The summed E-state index contributed by atoms with van der Waals surface area (Å²) in [5, 5.41) is 0. The van der Waals surface area contributed by atoms with Crippen molar-refractivity contribution in [1.29, 1.82) is 0 Å². The van der Waals surface area contributed by atoms with Crippen molar-refractivity contribution < 1.29 is 9.59 Å². The molecule has 2 aromatic rings. The number of fused-ring (bicyclic) bond motifs is 1. The highest BCUT2D eigenvalue weighted by atomic mass is 32.2. The van der Waals surface area contributed by atoms with E-state index in [1.165, 1.54) is 35.5 Å². The van der Waals surface area contributed by atoms with E-state index < -0.39 is 0 Å². The summed E-state index contributed by atoms with van der Waals surface area (Å²) in [5.41, 5.74) is 3.28. The van der Waals surface area contributed by atoms with Crippen molar-refractivity contribution in [3.8, 4) is 0 Å². The number of hydrogen-bond donors (Lipinski definition) is 0. The second-order valence-electron chi connectivity index (χ2n) is 6.32. The average molecular weight is 353 g/mol. The van der Waals surface area contributed by atoms with Crippen LogP contribution < -0.4 is 0 Å². The highest BCUT2D eigenvalue weighted by molar-refractivity contribution is 7.98. The molecule has 0 saturated carbocycles. The monoisotopic (exact) mass is 353 g/mol. The maximum Gasteiger partial charge on any atom is 0.261 e. The molecule has 3 nitrogen and oxygen atoms in total. The molecule has 0 N–H and O–H groups in total. The number of hydrogen-bond acceptors (Lipinski definition) is 3. The van der Waals surface area contributed by atoms with E-state index >= 15 is 0 Å². The number of unbranched alkanes of at least 4 members (excludes halogenated alkanes) is 2. The molecule has 0 aliphatic carbocycles. The molecule has 1 aliphatic heterocycles. The number of amides is 2. The van der Waals surface area contributed by atoms with Crippen LogP contribution in [0.4, 0.5) is 0 Å². The molecule has 0 unspecified atom stereocenters. The summed E-state index contributed by atoms with van der Waals surface area (Å²) in [6.45, 7) is 2.55. The average Bonchev–Trinajstić information content (AvgIpc) is 2.88. The van der Waals surface area contributed by atoms with E-state index in [-0.39, 0.29) is 11.8 Å². The van der Waals surface area contributed by atoms with Gasteiger partial charge in [0, 0.05) is 5.75 Å². The van der Waals surface area contributed by atoms with E-state index in [0.717, 1.165) is 11.3 Å². The predicted molar refractivity (Wildman–Crippen MR) is 103 cm³/mol. The normalized spacial score (nSPS) is 13.4. The Morgan fingerprint density at radius 1 is 0.840 bits per heavy atom. The Labute approximate surface area is 153 Å². The lowest BCUT2D eigenvalue weighted by atomic mass is 10.1. The van der Waals surface area contributed by atoms with E-state index in [0.29, 0.717) is 17.7 Å². The van der Waals surface area contributed by atoms with E-state index in [9.17, 15) is 9.59 Å². The van der Waals surface area contributed by atoms with Gasteiger partial charge in [0.05, 0.1) is 17.7 Å². The van der Waals surface area contributed by atoms with Crippen LogP contribution in [0.1, 0.15) is 58.0 Å². The first-order chi connectivity index (χ1) is 12.2. The predicted octanol–water partition coefficient (Wildman–Crippen LogP) is 4.91. The molecule has 0 bridgehead atoms. The fourth-order valence-electron chi connectivity index (χ4n) is 2.95. The van der Waals surface area contributed by atoms with Gasteiger partial charge in [-0.1, -0.05) is 56.2 Å². The Hall–Kier alpha value is -2.07. The summed E-state index contributed by atoms with van der Waals surface area (Å²) in [4.78, 5) is 26.1. The molecule has 4 heteroatoms. The van der Waals surface area contributed by atoms with Gasteiger partial charge in [-0.05, 0) is 35.4 Å². The molecular weight excluding hydrogens is 330 g/mol. The van der Waals surface area contributed by atoms with Crippen molar-refractivity contribution in [3.63, 3.8) is 0 Å².